The lowest BCUT2D eigenvalue weighted by Crippen LogP contribution is -2.29. The molecule has 2 aromatic carbocycles. The topological polar surface area (TPSA) is 104 Å². The third-order valence-electron chi connectivity index (χ3n) is 6.17. The van der Waals surface area contributed by atoms with Crippen LogP contribution in [-0.2, 0) is 14.8 Å². The predicted molar refractivity (Wildman–Crippen MR) is 125 cm³/mol. The van der Waals surface area contributed by atoms with Crippen molar-refractivity contribution in [3.8, 4) is 0 Å². The van der Waals surface area contributed by atoms with Crippen LogP contribution in [0, 0.1) is 34.6 Å². The number of hydrogen-bond donors (Lipinski definition) is 3. The van der Waals surface area contributed by atoms with E-state index in [1.54, 1.807) is 24.3 Å². The summed E-state index contributed by atoms with van der Waals surface area (Å²) < 4.78 is 28.5. The smallest absolute Gasteiger partial charge is 0.251 e. The monoisotopic (exact) mass is 457 g/mol. The minimum atomic E-state index is -3.76. The molecule has 0 unspecified atom stereocenters. The van der Waals surface area contributed by atoms with Gasteiger partial charge in [-0.1, -0.05) is 6.07 Å². The maximum atomic E-state index is 13.0. The molecule has 0 spiro atoms. The van der Waals surface area contributed by atoms with E-state index in [9.17, 15) is 18.0 Å². The van der Waals surface area contributed by atoms with Gasteiger partial charge in [-0.15, -0.1) is 0 Å². The van der Waals surface area contributed by atoms with Crippen molar-refractivity contribution in [3.63, 3.8) is 0 Å². The van der Waals surface area contributed by atoms with Crippen LogP contribution in [0.5, 0.6) is 0 Å². The zero-order valence-electron chi connectivity index (χ0n) is 19.3. The first-order valence-electron chi connectivity index (χ1n) is 10.8. The Morgan fingerprint density at radius 2 is 1.53 bits per heavy atom. The maximum absolute atomic E-state index is 13.0. The highest BCUT2D eigenvalue weighted by atomic mass is 32.2. The summed E-state index contributed by atoms with van der Waals surface area (Å²) in [6.07, 6.45) is 1.97. The second kappa shape index (κ2) is 9.42. The second-order valence-electron chi connectivity index (χ2n) is 8.48. The van der Waals surface area contributed by atoms with Gasteiger partial charge in [0.1, 0.15) is 0 Å². The molecule has 8 heteroatoms. The van der Waals surface area contributed by atoms with E-state index >= 15 is 0 Å². The van der Waals surface area contributed by atoms with E-state index in [2.05, 4.69) is 15.4 Å². The number of benzene rings is 2. The zero-order valence-corrected chi connectivity index (χ0v) is 20.1. The van der Waals surface area contributed by atoms with Gasteiger partial charge in [-0.05, 0) is 93.5 Å². The van der Waals surface area contributed by atoms with Gasteiger partial charge in [0.15, 0.2) is 0 Å². The highest BCUT2D eigenvalue weighted by Crippen LogP contribution is 2.29. The normalized spacial score (nSPS) is 13.7. The number of hydrogen-bond acceptors (Lipinski definition) is 4. The molecule has 7 nitrogen and oxygen atoms in total. The molecular formula is C24H31N3O4S. The average molecular weight is 458 g/mol. The largest absolute Gasteiger partial charge is 0.349 e. The molecule has 0 aliphatic heterocycles. The van der Waals surface area contributed by atoms with E-state index in [0.29, 0.717) is 11.3 Å². The van der Waals surface area contributed by atoms with Gasteiger partial charge in [0.25, 0.3) is 5.91 Å². The van der Waals surface area contributed by atoms with Crippen LogP contribution in [0.15, 0.2) is 29.2 Å². The van der Waals surface area contributed by atoms with Crippen molar-refractivity contribution in [1.29, 1.82) is 0 Å². The first-order chi connectivity index (χ1) is 15.0. The first-order valence-corrected chi connectivity index (χ1v) is 12.3. The Kier molecular flexibility index (Phi) is 7.05. The molecule has 3 rings (SSSR count). The van der Waals surface area contributed by atoms with E-state index in [4.69, 9.17) is 0 Å². The van der Waals surface area contributed by atoms with Crippen LogP contribution in [0.4, 0.5) is 5.69 Å². The second-order valence-corrected chi connectivity index (χ2v) is 10.2. The Hall–Kier alpha value is -2.71. The van der Waals surface area contributed by atoms with Crippen LogP contribution in [0.1, 0.15) is 57.4 Å². The summed E-state index contributed by atoms with van der Waals surface area (Å²) in [6, 6.07) is 6.96. The molecule has 0 aromatic heterocycles. The fraction of sp³-hybridized carbons (Fsp3) is 0.417. The summed E-state index contributed by atoms with van der Waals surface area (Å²) >= 11 is 0. The van der Waals surface area contributed by atoms with Crippen molar-refractivity contribution in [1.82, 2.24) is 10.0 Å². The highest BCUT2D eigenvalue weighted by molar-refractivity contribution is 7.89. The molecule has 3 N–H and O–H groups in total. The van der Waals surface area contributed by atoms with Crippen LogP contribution < -0.4 is 15.4 Å². The van der Waals surface area contributed by atoms with Crippen molar-refractivity contribution < 1.29 is 18.0 Å². The molecule has 32 heavy (non-hydrogen) atoms. The van der Waals surface area contributed by atoms with Crippen molar-refractivity contribution in [3.05, 3.63) is 57.6 Å². The van der Waals surface area contributed by atoms with Crippen LogP contribution in [-0.4, -0.2) is 32.8 Å². The van der Waals surface area contributed by atoms with Gasteiger partial charge >= 0.3 is 0 Å². The van der Waals surface area contributed by atoms with E-state index in [1.807, 2.05) is 34.6 Å². The summed E-state index contributed by atoms with van der Waals surface area (Å²) in [7, 11) is -3.76. The quantitative estimate of drug-likeness (QED) is 0.565. The summed E-state index contributed by atoms with van der Waals surface area (Å²) in [5.74, 6) is -0.497. The fourth-order valence-corrected chi connectivity index (χ4v) is 5.33. The molecular weight excluding hydrogens is 426 g/mol. The van der Waals surface area contributed by atoms with Gasteiger partial charge in [0.2, 0.25) is 15.9 Å². The predicted octanol–water partition coefficient (Wildman–Crippen LogP) is 3.43. The molecule has 0 saturated heterocycles. The van der Waals surface area contributed by atoms with Crippen molar-refractivity contribution >= 4 is 27.5 Å². The van der Waals surface area contributed by atoms with Crippen LogP contribution in [0.3, 0.4) is 0 Å². The van der Waals surface area contributed by atoms with Gasteiger partial charge in [-0.3, -0.25) is 9.59 Å². The van der Waals surface area contributed by atoms with Crippen LogP contribution >= 0.6 is 0 Å². The molecule has 172 valence electrons. The molecule has 0 atom stereocenters. The van der Waals surface area contributed by atoms with Gasteiger partial charge in [-0.2, -0.15) is 0 Å². The van der Waals surface area contributed by atoms with Gasteiger partial charge in [-0.25, -0.2) is 13.1 Å². The number of carbonyl (C=O) groups excluding carboxylic acids is 2. The summed E-state index contributed by atoms with van der Waals surface area (Å²) in [4.78, 5) is 24.8. The number of rotatable bonds is 8. The third-order valence-corrected chi connectivity index (χ3v) is 7.90. The molecule has 1 fully saturated rings. The van der Waals surface area contributed by atoms with E-state index in [1.165, 1.54) is 0 Å². The lowest BCUT2D eigenvalue weighted by Gasteiger charge is -2.19. The molecule has 1 aliphatic carbocycles. The van der Waals surface area contributed by atoms with E-state index < -0.39 is 10.0 Å². The number of nitrogens with one attached hydrogen (secondary N) is 3. The summed E-state index contributed by atoms with van der Waals surface area (Å²) in [5.41, 5.74) is 5.43. The molecule has 2 aromatic rings. The highest BCUT2D eigenvalue weighted by Gasteiger charge is 2.25. The first kappa shape index (κ1) is 23.9. The van der Waals surface area contributed by atoms with Crippen LogP contribution in [0.2, 0.25) is 0 Å². The summed E-state index contributed by atoms with van der Waals surface area (Å²) in [5, 5.41) is 5.64. The van der Waals surface area contributed by atoms with Crippen molar-refractivity contribution in [2.75, 3.05) is 11.9 Å². The van der Waals surface area contributed by atoms with Gasteiger partial charge in [0, 0.05) is 30.3 Å². The van der Waals surface area contributed by atoms with E-state index in [-0.39, 0.29) is 35.7 Å². The SMILES string of the molecule is Cc1c(C)c(C)c(S(=O)(=O)NCCC(=O)Nc2cccc(C(=O)NC3CC3)c2)c(C)c1C. The maximum Gasteiger partial charge on any atom is 0.251 e. The van der Waals surface area contributed by atoms with Gasteiger partial charge in [0.05, 0.1) is 4.90 Å². The number of sulfonamides is 1. The Labute approximate surface area is 190 Å². The average Bonchev–Trinajstić information content (AvgIpc) is 3.54. The lowest BCUT2D eigenvalue weighted by atomic mass is 9.95. The molecule has 2 amide bonds. The van der Waals surface area contributed by atoms with Crippen molar-refractivity contribution in [2.24, 2.45) is 0 Å². The summed E-state index contributed by atoms with van der Waals surface area (Å²) in [6.45, 7) is 9.42. The lowest BCUT2D eigenvalue weighted by molar-refractivity contribution is -0.116. The molecule has 0 heterocycles. The third kappa shape index (κ3) is 5.37. The number of anilines is 1. The minimum absolute atomic E-state index is 0.0269. The Bertz CT molecular complexity index is 1140. The van der Waals surface area contributed by atoms with Crippen molar-refractivity contribution in [2.45, 2.75) is 64.8 Å². The standard InChI is InChI=1S/C24H31N3O4S/c1-14-15(2)17(4)23(18(5)16(14)3)32(30,31)25-12-11-22(28)26-21-8-6-7-19(13-21)24(29)27-20-9-10-20/h6-8,13,20,25H,9-12H2,1-5H3,(H,26,28)(H,27,29). The Balaban J connectivity index is 1.61. The minimum Gasteiger partial charge on any atom is -0.349 e. The number of amides is 2. The zero-order chi connectivity index (χ0) is 23.6. The molecule has 1 aliphatic rings. The Morgan fingerprint density at radius 3 is 2.12 bits per heavy atom. The molecule has 1 saturated carbocycles. The van der Waals surface area contributed by atoms with Crippen LogP contribution in [0.25, 0.3) is 0 Å². The molecule has 0 radical (unpaired) electrons. The molecule has 0 bridgehead atoms. The fourth-order valence-electron chi connectivity index (χ4n) is 3.70. The Morgan fingerprint density at radius 1 is 0.938 bits per heavy atom. The number of carbonyl (C=O) groups is 2. The van der Waals surface area contributed by atoms with E-state index in [0.717, 1.165) is 40.7 Å². The van der Waals surface area contributed by atoms with Gasteiger partial charge < -0.3 is 10.6 Å².